The normalized spacial score (nSPS) is 12.9. The van der Waals surface area contributed by atoms with E-state index >= 15 is 4.39 Å². The fourth-order valence-electron chi connectivity index (χ4n) is 3.24. The van der Waals surface area contributed by atoms with Crippen LogP contribution in [-0.2, 0) is 7.05 Å². The van der Waals surface area contributed by atoms with Crippen LogP contribution < -0.4 is 0 Å². The molecule has 28 heavy (non-hydrogen) atoms. The quantitative estimate of drug-likeness (QED) is 0.465. The van der Waals surface area contributed by atoms with E-state index in [0.29, 0.717) is 15.8 Å². The van der Waals surface area contributed by atoms with Gasteiger partial charge in [-0.2, -0.15) is 14.7 Å². The Morgan fingerprint density at radius 1 is 1.21 bits per heavy atom. The van der Waals surface area contributed by atoms with Crippen molar-refractivity contribution in [1.82, 2.24) is 34.6 Å². The van der Waals surface area contributed by atoms with Crippen molar-refractivity contribution < 1.29 is 8.78 Å². The van der Waals surface area contributed by atoms with Gasteiger partial charge >= 0.3 is 0 Å². The minimum Gasteiger partial charge on any atom is -0.275 e. The molecule has 5 aromatic rings. The van der Waals surface area contributed by atoms with Crippen molar-refractivity contribution in [2.45, 2.75) is 12.8 Å². The van der Waals surface area contributed by atoms with Crippen molar-refractivity contribution in [3.8, 4) is 10.6 Å². The Morgan fingerprint density at radius 2 is 2.07 bits per heavy atom. The number of aromatic nitrogens is 7. The molecule has 0 spiro atoms. The average Bonchev–Trinajstić information content (AvgIpc) is 3.36. The van der Waals surface area contributed by atoms with Gasteiger partial charge in [-0.25, -0.2) is 8.78 Å². The highest BCUT2D eigenvalue weighted by atomic mass is 32.1. The first kappa shape index (κ1) is 16.9. The van der Waals surface area contributed by atoms with E-state index in [1.165, 1.54) is 28.1 Å². The highest BCUT2D eigenvalue weighted by Crippen LogP contribution is 2.33. The first-order valence-electron chi connectivity index (χ1n) is 8.46. The van der Waals surface area contributed by atoms with Gasteiger partial charge in [0.25, 0.3) is 0 Å². The molecule has 0 radical (unpaired) electrons. The van der Waals surface area contributed by atoms with Crippen LogP contribution in [0.15, 0.2) is 36.8 Å². The van der Waals surface area contributed by atoms with Crippen LogP contribution in [0.5, 0.6) is 0 Å². The van der Waals surface area contributed by atoms with Gasteiger partial charge in [0, 0.05) is 42.4 Å². The lowest BCUT2D eigenvalue weighted by Crippen LogP contribution is -2.08. The molecular formula is C18H13F2N7S. The van der Waals surface area contributed by atoms with E-state index in [2.05, 4.69) is 25.4 Å². The number of rotatable bonds is 3. The van der Waals surface area contributed by atoms with Crippen LogP contribution in [0.4, 0.5) is 8.78 Å². The smallest absolute Gasteiger partial charge is 0.235 e. The van der Waals surface area contributed by atoms with Crippen LogP contribution in [-0.4, -0.2) is 34.6 Å². The number of aryl methyl sites for hydroxylation is 1. The first-order valence-corrected chi connectivity index (χ1v) is 9.28. The summed E-state index contributed by atoms with van der Waals surface area (Å²) in [4.78, 5) is 4.57. The van der Waals surface area contributed by atoms with Gasteiger partial charge in [-0.3, -0.25) is 9.67 Å². The van der Waals surface area contributed by atoms with Crippen molar-refractivity contribution >= 4 is 27.2 Å². The van der Waals surface area contributed by atoms with Crippen molar-refractivity contribution in [2.75, 3.05) is 0 Å². The van der Waals surface area contributed by atoms with Crippen LogP contribution in [0.25, 0.3) is 26.4 Å². The van der Waals surface area contributed by atoms with E-state index < -0.39 is 17.6 Å². The molecule has 4 heterocycles. The first-order chi connectivity index (χ1) is 13.5. The lowest BCUT2D eigenvalue weighted by molar-refractivity contribution is 0.547. The Morgan fingerprint density at radius 3 is 2.86 bits per heavy atom. The van der Waals surface area contributed by atoms with Crippen molar-refractivity contribution in [3.63, 3.8) is 0 Å². The number of benzene rings is 1. The molecule has 140 valence electrons. The van der Waals surface area contributed by atoms with Gasteiger partial charge in [0.1, 0.15) is 11.6 Å². The fraction of sp³-hybridized carbons (Fsp3) is 0.167. The van der Waals surface area contributed by atoms with Crippen LogP contribution >= 0.6 is 11.3 Å². The molecular weight excluding hydrogens is 384 g/mol. The maximum Gasteiger partial charge on any atom is 0.235 e. The minimum atomic E-state index is -0.691. The van der Waals surface area contributed by atoms with E-state index in [0.717, 1.165) is 5.56 Å². The van der Waals surface area contributed by atoms with Gasteiger partial charge in [-0.05, 0) is 12.1 Å². The third-order valence-electron chi connectivity index (χ3n) is 4.62. The number of hydrogen-bond donors (Lipinski definition) is 0. The van der Waals surface area contributed by atoms with Crippen LogP contribution in [0.2, 0.25) is 0 Å². The largest absolute Gasteiger partial charge is 0.275 e. The van der Waals surface area contributed by atoms with Gasteiger partial charge in [0.05, 0.1) is 17.3 Å². The van der Waals surface area contributed by atoms with Crippen molar-refractivity contribution in [3.05, 3.63) is 59.8 Å². The Labute approximate surface area is 161 Å². The van der Waals surface area contributed by atoms with Gasteiger partial charge in [-0.1, -0.05) is 18.3 Å². The van der Waals surface area contributed by atoms with Gasteiger partial charge in [0.15, 0.2) is 10.8 Å². The molecule has 7 nitrogen and oxygen atoms in total. The fourth-order valence-corrected chi connectivity index (χ4v) is 4.06. The van der Waals surface area contributed by atoms with Crippen molar-refractivity contribution in [1.29, 1.82) is 0 Å². The molecule has 0 saturated heterocycles. The molecule has 10 heteroatoms. The Bertz CT molecular complexity index is 1340. The molecule has 1 aromatic carbocycles. The molecule has 0 N–H and O–H groups in total. The standard InChI is InChI=1S/C18H13F2N7S/c1-9(14-12(19)6-13-11(15(14)20)4-3-5-21-13)16-23-24-18-27(16)25-17(28-18)10-7-22-26(2)8-10/h3-9H,1-2H3. The molecule has 1 atom stereocenters. The number of hydrogen-bond acceptors (Lipinski definition) is 6. The summed E-state index contributed by atoms with van der Waals surface area (Å²) in [5.41, 5.74) is 1.03. The number of halogens is 2. The zero-order chi connectivity index (χ0) is 19.4. The summed E-state index contributed by atoms with van der Waals surface area (Å²) in [6.07, 6.45) is 5.04. The summed E-state index contributed by atoms with van der Waals surface area (Å²) in [6.45, 7) is 1.68. The van der Waals surface area contributed by atoms with E-state index in [1.807, 2.05) is 13.2 Å². The van der Waals surface area contributed by atoms with E-state index in [4.69, 9.17) is 0 Å². The second-order valence-corrected chi connectivity index (χ2v) is 7.40. The third kappa shape index (κ3) is 2.48. The maximum absolute atomic E-state index is 15.1. The highest BCUT2D eigenvalue weighted by Gasteiger charge is 2.26. The topological polar surface area (TPSA) is 73.8 Å². The van der Waals surface area contributed by atoms with Crippen LogP contribution in [0.1, 0.15) is 24.2 Å². The molecule has 4 aromatic heterocycles. The lowest BCUT2D eigenvalue weighted by Gasteiger charge is -2.13. The summed E-state index contributed by atoms with van der Waals surface area (Å²) in [7, 11) is 1.82. The zero-order valence-electron chi connectivity index (χ0n) is 14.8. The Kier molecular flexibility index (Phi) is 3.69. The van der Waals surface area contributed by atoms with Gasteiger partial charge in [-0.15, -0.1) is 10.2 Å². The second-order valence-electron chi connectivity index (χ2n) is 6.44. The van der Waals surface area contributed by atoms with E-state index in [-0.39, 0.29) is 16.5 Å². The maximum atomic E-state index is 15.1. The molecule has 0 aliphatic heterocycles. The summed E-state index contributed by atoms with van der Waals surface area (Å²) in [6, 6.07) is 4.44. The Hall–Kier alpha value is -3.27. The molecule has 0 aliphatic carbocycles. The minimum absolute atomic E-state index is 0.0780. The number of fused-ring (bicyclic) bond motifs is 2. The lowest BCUT2D eigenvalue weighted by atomic mass is 9.97. The summed E-state index contributed by atoms with van der Waals surface area (Å²) < 4.78 is 33.0. The molecule has 5 rings (SSSR count). The van der Waals surface area contributed by atoms with Crippen molar-refractivity contribution in [2.24, 2.45) is 7.05 Å². The van der Waals surface area contributed by atoms with E-state index in [1.54, 1.807) is 29.9 Å². The van der Waals surface area contributed by atoms with Gasteiger partial charge in [0.2, 0.25) is 4.96 Å². The Balaban J connectivity index is 1.64. The second kappa shape index (κ2) is 6.13. The molecule has 1 unspecified atom stereocenters. The van der Waals surface area contributed by atoms with Crippen LogP contribution in [0, 0.1) is 11.6 Å². The third-order valence-corrected chi connectivity index (χ3v) is 5.57. The molecule has 0 aliphatic rings. The van der Waals surface area contributed by atoms with E-state index in [9.17, 15) is 4.39 Å². The van der Waals surface area contributed by atoms with Gasteiger partial charge < -0.3 is 0 Å². The highest BCUT2D eigenvalue weighted by molar-refractivity contribution is 7.19. The molecule has 0 amide bonds. The average molecular weight is 397 g/mol. The predicted octanol–water partition coefficient (Wildman–Crippen LogP) is 3.56. The molecule has 0 fully saturated rings. The molecule has 0 saturated carbocycles. The van der Waals surface area contributed by atoms with Crippen LogP contribution in [0.3, 0.4) is 0 Å². The summed E-state index contributed by atoms with van der Waals surface area (Å²) >= 11 is 1.34. The predicted molar refractivity (Wildman–Crippen MR) is 100 cm³/mol. The summed E-state index contributed by atoms with van der Waals surface area (Å²) in [5.74, 6) is -1.64. The number of pyridine rings is 1. The summed E-state index contributed by atoms with van der Waals surface area (Å²) in [5, 5.41) is 17.9. The monoisotopic (exact) mass is 397 g/mol. The SMILES string of the molecule is CC(c1c(F)cc2ncccc2c1F)c1nnc2sc(-c3cnn(C)c3)nn12. The zero-order valence-corrected chi connectivity index (χ0v) is 15.7. The molecule has 0 bridgehead atoms. The number of nitrogens with zero attached hydrogens (tertiary/aromatic N) is 7.